The van der Waals surface area contributed by atoms with Crippen LogP contribution in [0.5, 0.6) is 11.5 Å². The van der Waals surface area contributed by atoms with Crippen molar-refractivity contribution in [1.29, 1.82) is 0 Å². The van der Waals surface area contributed by atoms with Gasteiger partial charge in [0.05, 0.1) is 6.54 Å². The van der Waals surface area contributed by atoms with Gasteiger partial charge in [0.15, 0.2) is 0 Å². The van der Waals surface area contributed by atoms with Crippen LogP contribution in [0.25, 0.3) is 0 Å². The summed E-state index contributed by atoms with van der Waals surface area (Å²) in [5, 5.41) is 5.38. The Labute approximate surface area is 151 Å². The smallest absolute Gasteiger partial charge is 0.315 e. The van der Waals surface area contributed by atoms with Crippen molar-refractivity contribution >= 4 is 6.03 Å². The average Bonchev–Trinajstić information content (AvgIpc) is 2.62. The Kier molecular flexibility index (Phi) is 7.67. The first-order chi connectivity index (χ1) is 12.5. The average molecular weight is 364 g/mol. The summed E-state index contributed by atoms with van der Waals surface area (Å²) in [5.74, 6) is 1.10. The number of urea groups is 1. The highest BCUT2D eigenvalue weighted by molar-refractivity contribution is 5.73. The van der Waals surface area contributed by atoms with Crippen LogP contribution in [0.2, 0.25) is 0 Å². The molecule has 0 aliphatic rings. The van der Waals surface area contributed by atoms with Crippen molar-refractivity contribution in [3.63, 3.8) is 0 Å². The molecule has 0 saturated heterocycles. The van der Waals surface area contributed by atoms with Crippen molar-refractivity contribution in [2.75, 3.05) is 19.8 Å². The van der Waals surface area contributed by atoms with Crippen LogP contribution in [0.3, 0.4) is 0 Å². The third-order valence-electron chi connectivity index (χ3n) is 3.37. The quantitative estimate of drug-likeness (QED) is 0.670. The van der Waals surface area contributed by atoms with E-state index in [0.29, 0.717) is 18.9 Å². The van der Waals surface area contributed by atoms with Crippen LogP contribution in [-0.4, -0.2) is 32.2 Å². The van der Waals surface area contributed by atoms with E-state index in [9.17, 15) is 13.6 Å². The molecule has 26 heavy (non-hydrogen) atoms. The van der Waals surface area contributed by atoms with Crippen LogP contribution in [0, 0.1) is 6.92 Å². The molecule has 0 saturated carbocycles. The standard InChI is InChI=1S/C19H22F2N2O3/c1-14-4-2-6-16(10-14)25-9-8-22-19(24)23-12-15-5-3-7-17(11-15)26-13-18(20)21/h2-7,10-11,18H,8-9,12-13H2,1H3,(H2,22,23,24). The fraction of sp³-hybridized carbons (Fsp3) is 0.316. The van der Waals surface area contributed by atoms with Crippen molar-refractivity contribution in [3.05, 3.63) is 59.7 Å². The largest absolute Gasteiger partial charge is 0.492 e. The SMILES string of the molecule is Cc1cccc(OCCNC(=O)NCc2cccc(OCC(F)F)c2)c1. The highest BCUT2D eigenvalue weighted by atomic mass is 19.3. The number of aryl methyl sites for hydroxylation is 1. The van der Waals surface area contributed by atoms with Gasteiger partial charge in [0, 0.05) is 6.54 Å². The number of ether oxygens (including phenoxy) is 2. The van der Waals surface area contributed by atoms with Crippen molar-refractivity contribution in [1.82, 2.24) is 10.6 Å². The van der Waals surface area contributed by atoms with E-state index in [2.05, 4.69) is 10.6 Å². The summed E-state index contributed by atoms with van der Waals surface area (Å²) in [6.07, 6.45) is -2.52. The molecule has 0 aliphatic heterocycles. The van der Waals surface area contributed by atoms with Gasteiger partial charge in [-0.3, -0.25) is 0 Å². The lowest BCUT2D eigenvalue weighted by molar-refractivity contribution is 0.0818. The van der Waals surface area contributed by atoms with Gasteiger partial charge in [-0.25, -0.2) is 13.6 Å². The molecule has 2 amide bonds. The molecular formula is C19H22F2N2O3. The number of amides is 2. The van der Waals surface area contributed by atoms with Crippen LogP contribution in [-0.2, 0) is 6.54 Å². The summed E-state index contributed by atoms with van der Waals surface area (Å²) < 4.78 is 34.8. The molecule has 0 aromatic heterocycles. The van der Waals surface area contributed by atoms with Gasteiger partial charge in [0.1, 0.15) is 24.7 Å². The normalized spacial score (nSPS) is 10.5. The summed E-state index contributed by atoms with van der Waals surface area (Å²) >= 11 is 0. The molecule has 2 rings (SSSR count). The maximum absolute atomic E-state index is 12.2. The second-order valence-electron chi connectivity index (χ2n) is 5.62. The fourth-order valence-electron chi connectivity index (χ4n) is 2.19. The zero-order valence-corrected chi connectivity index (χ0v) is 14.5. The summed E-state index contributed by atoms with van der Waals surface area (Å²) in [7, 11) is 0. The van der Waals surface area contributed by atoms with Crippen LogP contribution in [0.1, 0.15) is 11.1 Å². The van der Waals surface area contributed by atoms with Gasteiger partial charge in [0.25, 0.3) is 6.43 Å². The van der Waals surface area contributed by atoms with Gasteiger partial charge >= 0.3 is 6.03 Å². The molecule has 2 aromatic carbocycles. The summed E-state index contributed by atoms with van der Waals surface area (Å²) in [4.78, 5) is 11.8. The molecule has 0 spiro atoms. The number of benzene rings is 2. The van der Waals surface area contributed by atoms with Crippen LogP contribution < -0.4 is 20.1 Å². The lowest BCUT2D eigenvalue weighted by Crippen LogP contribution is -2.37. The van der Waals surface area contributed by atoms with Crippen molar-refractivity contribution in [3.8, 4) is 11.5 Å². The monoisotopic (exact) mass is 364 g/mol. The lowest BCUT2D eigenvalue weighted by atomic mass is 10.2. The van der Waals surface area contributed by atoms with E-state index < -0.39 is 13.0 Å². The zero-order chi connectivity index (χ0) is 18.8. The molecule has 0 aliphatic carbocycles. The molecule has 7 heteroatoms. The Morgan fingerprint density at radius 1 is 1.04 bits per heavy atom. The number of hydrogen-bond acceptors (Lipinski definition) is 3. The van der Waals surface area contributed by atoms with Gasteiger partial charge in [-0.2, -0.15) is 0 Å². The molecule has 0 radical (unpaired) electrons. The minimum absolute atomic E-state index is 0.260. The summed E-state index contributed by atoms with van der Waals surface area (Å²) in [6, 6.07) is 14.0. The molecule has 2 N–H and O–H groups in total. The van der Waals surface area contributed by atoms with Gasteiger partial charge < -0.3 is 20.1 Å². The van der Waals surface area contributed by atoms with Crippen LogP contribution in [0.4, 0.5) is 13.6 Å². The number of nitrogens with one attached hydrogen (secondary N) is 2. The molecule has 2 aromatic rings. The highest BCUT2D eigenvalue weighted by Crippen LogP contribution is 2.14. The van der Waals surface area contributed by atoms with Crippen molar-refractivity contribution < 1.29 is 23.0 Å². The molecule has 140 valence electrons. The Bertz CT molecular complexity index is 711. The van der Waals surface area contributed by atoms with Crippen LogP contribution >= 0.6 is 0 Å². The van der Waals surface area contributed by atoms with Gasteiger partial charge in [-0.15, -0.1) is 0 Å². The second kappa shape index (κ2) is 10.2. The lowest BCUT2D eigenvalue weighted by Gasteiger charge is -2.10. The van der Waals surface area contributed by atoms with E-state index in [1.807, 2.05) is 31.2 Å². The maximum Gasteiger partial charge on any atom is 0.315 e. The Morgan fingerprint density at radius 2 is 1.77 bits per heavy atom. The van der Waals surface area contributed by atoms with Gasteiger partial charge in [-0.1, -0.05) is 24.3 Å². The first kappa shape index (κ1) is 19.5. The highest BCUT2D eigenvalue weighted by Gasteiger charge is 2.05. The predicted octanol–water partition coefficient (Wildman–Crippen LogP) is 3.52. The summed E-state index contributed by atoms with van der Waals surface area (Å²) in [5.41, 5.74) is 1.86. The van der Waals surface area contributed by atoms with E-state index >= 15 is 0 Å². The third kappa shape index (κ3) is 7.38. The predicted molar refractivity (Wildman–Crippen MR) is 94.9 cm³/mol. The number of halogens is 2. The van der Waals surface area contributed by atoms with Gasteiger partial charge in [-0.05, 0) is 42.3 Å². The van der Waals surface area contributed by atoms with Crippen molar-refractivity contribution in [2.24, 2.45) is 0 Å². The fourth-order valence-corrected chi connectivity index (χ4v) is 2.19. The minimum Gasteiger partial charge on any atom is -0.492 e. The van der Waals surface area contributed by atoms with E-state index in [1.54, 1.807) is 24.3 Å². The van der Waals surface area contributed by atoms with E-state index in [1.165, 1.54) is 0 Å². The number of alkyl halides is 2. The van der Waals surface area contributed by atoms with E-state index in [4.69, 9.17) is 9.47 Å². The molecule has 0 heterocycles. The topological polar surface area (TPSA) is 59.6 Å². The molecular weight excluding hydrogens is 342 g/mol. The molecule has 0 atom stereocenters. The van der Waals surface area contributed by atoms with Gasteiger partial charge in [0.2, 0.25) is 0 Å². The number of hydrogen-bond donors (Lipinski definition) is 2. The molecule has 0 unspecified atom stereocenters. The van der Waals surface area contributed by atoms with E-state index in [-0.39, 0.29) is 12.6 Å². The number of rotatable bonds is 9. The Morgan fingerprint density at radius 3 is 2.50 bits per heavy atom. The molecule has 5 nitrogen and oxygen atoms in total. The molecule has 0 bridgehead atoms. The second-order valence-corrected chi connectivity index (χ2v) is 5.62. The Balaban J connectivity index is 1.66. The maximum atomic E-state index is 12.2. The molecule has 0 fully saturated rings. The van der Waals surface area contributed by atoms with Crippen LogP contribution in [0.15, 0.2) is 48.5 Å². The number of carbonyl (C=O) groups excluding carboxylic acids is 1. The van der Waals surface area contributed by atoms with Crippen molar-refractivity contribution in [2.45, 2.75) is 19.9 Å². The van der Waals surface area contributed by atoms with E-state index in [0.717, 1.165) is 16.9 Å². The summed E-state index contributed by atoms with van der Waals surface area (Å²) in [6.45, 7) is 2.30. The zero-order valence-electron chi connectivity index (χ0n) is 14.5. The third-order valence-corrected chi connectivity index (χ3v) is 3.37. The number of carbonyl (C=O) groups is 1. The minimum atomic E-state index is -2.52. The first-order valence-corrected chi connectivity index (χ1v) is 8.24. The first-order valence-electron chi connectivity index (χ1n) is 8.24. The Hall–Kier alpha value is -2.83.